The predicted molar refractivity (Wildman–Crippen MR) is 58.8 cm³/mol. The summed E-state index contributed by atoms with van der Waals surface area (Å²) in [4.78, 5) is 10.5. The van der Waals surface area contributed by atoms with Gasteiger partial charge >= 0.3 is 0 Å². The summed E-state index contributed by atoms with van der Waals surface area (Å²) in [6.45, 7) is 1.83. The Kier molecular flexibility index (Phi) is 3.92. The van der Waals surface area contributed by atoms with Gasteiger partial charge < -0.3 is 15.0 Å². The fourth-order valence-electron chi connectivity index (χ4n) is 1.40. The van der Waals surface area contributed by atoms with Gasteiger partial charge in [0.1, 0.15) is 6.29 Å². The number of aldehydes is 1. The van der Waals surface area contributed by atoms with E-state index in [1.54, 1.807) is 12.1 Å². The zero-order valence-electron chi connectivity index (χ0n) is 8.55. The van der Waals surface area contributed by atoms with E-state index in [1.807, 2.05) is 13.0 Å². The molecule has 1 unspecified atom stereocenters. The van der Waals surface area contributed by atoms with Crippen molar-refractivity contribution in [2.75, 3.05) is 0 Å². The van der Waals surface area contributed by atoms with Crippen molar-refractivity contribution in [3.63, 3.8) is 0 Å². The molecule has 3 nitrogen and oxygen atoms in total. The van der Waals surface area contributed by atoms with E-state index in [0.717, 1.165) is 24.4 Å². The minimum absolute atomic E-state index is 0.0412. The highest BCUT2D eigenvalue weighted by molar-refractivity contribution is 5.53. The Balaban J connectivity index is 3.10. The van der Waals surface area contributed by atoms with E-state index in [-0.39, 0.29) is 5.92 Å². The van der Waals surface area contributed by atoms with Crippen LogP contribution in [0.3, 0.4) is 0 Å². The molecule has 1 aromatic rings. The SMILES string of the molecule is CC(C=O)Cc1ccc(=CO)c(=CO)c1. The molecule has 0 amide bonds. The van der Waals surface area contributed by atoms with Gasteiger partial charge in [0, 0.05) is 16.4 Å². The van der Waals surface area contributed by atoms with Gasteiger partial charge in [-0.3, -0.25) is 0 Å². The van der Waals surface area contributed by atoms with Crippen LogP contribution in [0.2, 0.25) is 0 Å². The number of benzene rings is 1. The van der Waals surface area contributed by atoms with Crippen molar-refractivity contribution in [1.29, 1.82) is 0 Å². The van der Waals surface area contributed by atoms with Gasteiger partial charge in [-0.1, -0.05) is 19.1 Å². The van der Waals surface area contributed by atoms with E-state index in [9.17, 15) is 4.79 Å². The van der Waals surface area contributed by atoms with Crippen LogP contribution in [0.5, 0.6) is 0 Å². The van der Waals surface area contributed by atoms with Crippen LogP contribution in [-0.2, 0) is 11.2 Å². The molecule has 0 saturated heterocycles. The summed E-state index contributed by atoms with van der Waals surface area (Å²) in [5.74, 6) is -0.0412. The molecule has 0 fully saturated rings. The molecule has 15 heavy (non-hydrogen) atoms. The molecule has 3 heteroatoms. The first-order chi connectivity index (χ1) is 7.21. The lowest BCUT2D eigenvalue weighted by Crippen LogP contribution is -2.25. The Morgan fingerprint density at radius 2 is 1.93 bits per heavy atom. The van der Waals surface area contributed by atoms with E-state index >= 15 is 0 Å². The Morgan fingerprint density at radius 3 is 2.47 bits per heavy atom. The molecular formula is C12H14O3. The van der Waals surface area contributed by atoms with E-state index in [2.05, 4.69) is 0 Å². The standard InChI is InChI=1S/C12H14O3/c1-9(6-13)4-10-2-3-11(7-14)12(5-10)8-15/h2-3,5-9,14-15H,4H2,1H3. The summed E-state index contributed by atoms with van der Waals surface area (Å²) < 4.78 is 0. The molecule has 0 radical (unpaired) electrons. The van der Waals surface area contributed by atoms with E-state index in [4.69, 9.17) is 10.2 Å². The number of hydrogen-bond acceptors (Lipinski definition) is 3. The Labute approximate surface area is 88.0 Å². The Hall–Kier alpha value is -1.77. The lowest BCUT2D eigenvalue weighted by Gasteiger charge is -2.03. The normalized spacial score (nSPS) is 15.3. The molecule has 0 bridgehead atoms. The maximum atomic E-state index is 10.5. The lowest BCUT2D eigenvalue weighted by molar-refractivity contribution is -0.110. The van der Waals surface area contributed by atoms with Crippen molar-refractivity contribution in [2.24, 2.45) is 5.92 Å². The van der Waals surface area contributed by atoms with Crippen molar-refractivity contribution in [3.8, 4) is 0 Å². The fraction of sp³-hybridized carbons (Fsp3) is 0.250. The van der Waals surface area contributed by atoms with E-state index in [0.29, 0.717) is 16.9 Å². The first-order valence-corrected chi connectivity index (χ1v) is 4.74. The highest BCUT2D eigenvalue weighted by Gasteiger charge is 2.01. The topological polar surface area (TPSA) is 57.5 Å². The minimum atomic E-state index is -0.0412. The van der Waals surface area contributed by atoms with Crippen LogP contribution in [0.15, 0.2) is 18.2 Å². The molecule has 0 saturated carbocycles. The fourth-order valence-corrected chi connectivity index (χ4v) is 1.40. The van der Waals surface area contributed by atoms with Gasteiger partial charge in [-0.2, -0.15) is 0 Å². The molecule has 0 aliphatic heterocycles. The third-order valence-electron chi connectivity index (χ3n) is 2.22. The summed E-state index contributed by atoms with van der Waals surface area (Å²) >= 11 is 0. The second-order valence-electron chi connectivity index (χ2n) is 3.54. The quantitative estimate of drug-likeness (QED) is 0.714. The maximum Gasteiger partial charge on any atom is 0.123 e. The van der Waals surface area contributed by atoms with E-state index < -0.39 is 0 Å². The highest BCUT2D eigenvalue weighted by Crippen LogP contribution is 2.02. The van der Waals surface area contributed by atoms with Gasteiger partial charge in [0.15, 0.2) is 0 Å². The highest BCUT2D eigenvalue weighted by atomic mass is 16.2. The van der Waals surface area contributed by atoms with Crippen molar-refractivity contribution in [2.45, 2.75) is 13.3 Å². The summed E-state index contributed by atoms with van der Waals surface area (Å²) in [5.41, 5.74) is 0.959. The summed E-state index contributed by atoms with van der Waals surface area (Å²) in [6.07, 6.45) is 3.41. The number of hydrogen-bond donors (Lipinski definition) is 2. The molecule has 1 rings (SSSR count). The third kappa shape index (κ3) is 2.84. The summed E-state index contributed by atoms with van der Waals surface area (Å²) in [7, 11) is 0. The average molecular weight is 206 g/mol. The van der Waals surface area contributed by atoms with Gasteiger partial charge in [-0.15, -0.1) is 0 Å². The molecule has 1 aromatic carbocycles. The molecule has 80 valence electrons. The van der Waals surface area contributed by atoms with Crippen LogP contribution in [0.25, 0.3) is 12.5 Å². The lowest BCUT2D eigenvalue weighted by atomic mass is 10.0. The third-order valence-corrected chi connectivity index (χ3v) is 2.22. The van der Waals surface area contributed by atoms with E-state index in [1.165, 1.54) is 0 Å². The molecule has 0 heterocycles. The van der Waals surface area contributed by atoms with Crippen LogP contribution in [0.1, 0.15) is 12.5 Å². The second-order valence-corrected chi connectivity index (χ2v) is 3.54. The van der Waals surface area contributed by atoms with Gasteiger partial charge in [0.2, 0.25) is 0 Å². The zero-order chi connectivity index (χ0) is 11.3. The first-order valence-electron chi connectivity index (χ1n) is 4.74. The number of rotatable bonds is 3. The largest absolute Gasteiger partial charge is 0.515 e. The molecule has 0 spiro atoms. The molecule has 0 aliphatic rings. The van der Waals surface area contributed by atoms with Crippen molar-refractivity contribution in [1.82, 2.24) is 0 Å². The van der Waals surface area contributed by atoms with Crippen LogP contribution in [0, 0.1) is 5.92 Å². The monoisotopic (exact) mass is 206 g/mol. The van der Waals surface area contributed by atoms with Crippen molar-refractivity contribution in [3.05, 3.63) is 34.2 Å². The Bertz CT molecular complexity index is 448. The number of carbonyl (C=O) groups is 1. The van der Waals surface area contributed by atoms with Gasteiger partial charge in [0.05, 0.1) is 12.5 Å². The minimum Gasteiger partial charge on any atom is -0.515 e. The van der Waals surface area contributed by atoms with Gasteiger partial charge in [0.25, 0.3) is 0 Å². The number of aliphatic hydroxyl groups is 2. The smallest absolute Gasteiger partial charge is 0.123 e. The average Bonchev–Trinajstić information content (AvgIpc) is 2.28. The maximum absolute atomic E-state index is 10.5. The van der Waals surface area contributed by atoms with Gasteiger partial charge in [-0.25, -0.2) is 0 Å². The molecule has 0 aromatic heterocycles. The number of aliphatic hydroxyl groups excluding tert-OH is 2. The predicted octanol–water partition coefficient (Wildman–Crippen LogP) is 0.656. The molecular weight excluding hydrogens is 192 g/mol. The van der Waals surface area contributed by atoms with Crippen LogP contribution in [0.4, 0.5) is 0 Å². The summed E-state index contributed by atoms with van der Waals surface area (Å²) in [5, 5.41) is 18.9. The molecule has 2 N–H and O–H groups in total. The molecule has 1 atom stereocenters. The van der Waals surface area contributed by atoms with Crippen LogP contribution >= 0.6 is 0 Å². The van der Waals surface area contributed by atoms with Crippen molar-refractivity contribution >= 4 is 18.8 Å². The molecule has 0 aliphatic carbocycles. The van der Waals surface area contributed by atoms with Crippen LogP contribution in [-0.4, -0.2) is 16.5 Å². The van der Waals surface area contributed by atoms with Crippen LogP contribution < -0.4 is 10.4 Å². The van der Waals surface area contributed by atoms with Gasteiger partial charge in [-0.05, 0) is 18.1 Å². The summed E-state index contributed by atoms with van der Waals surface area (Å²) in [6, 6.07) is 5.28. The number of carbonyl (C=O) groups excluding carboxylic acids is 1. The van der Waals surface area contributed by atoms with Crippen molar-refractivity contribution < 1.29 is 15.0 Å². The first kappa shape index (κ1) is 11.3. The second kappa shape index (κ2) is 5.20. The Morgan fingerprint density at radius 1 is 1.27 bits per heavy atom. The zero-order valence-corrected chi connectivity index (χ0v) is 8.55.